The summed E-state index contributed by atoms with van der Waals surface area (Å²) in [5.41, 5.74) is 2.37. The highest BCUT2D eigenvalue weighted by atomic mass is 16.3. The molecule has 1 saturated carbocycles. The van der Waals surface area contributed by atoms with Crippen molar-refractivity contribution in [3.05, 3.63) is 35.6 Å². The van der Waals surface area contributed by atoms with Crippen molar-refractivity contribution in [1.82, 2.24) is 10.2 Å². The lowest BCUT2D eigenvalue weighted by atomic mass is 10.1. The van der Waals surface area contributed by atoms with Crippen LogP contribution in [0.3, 0.4) is 0 Å². The second-order valence-electron chi connectivity index (χ2n) is 6.32. The molecule has 1 N–H and O–H groups in total. The maximum Gasteiger partial charge on any atom is 0.134 e. The van der Waals surface area contributed by atoms with Crippen LogP contribution >= 0.6 is 0 Å². The normalized spacial score (nSPS) is 15.2. The SMILES string of the molecule is CCCNCc1oc2ccccc2c1CN(C)CC1CC1. The molecule has 0 radical (unpaired) electrons. The van der Waals surface area contributed by atoms with E-state index in [4.69, 9.17) is 4.42 Å². The summed E-state index contributed by atoms with van der Waals surface area (Å²) in [4.78, 5) is 2.44. The van der Waals surface area contributed by atoms with Crippen LogP contribution in [0.4, 0.5) is 0 Å². The zero-order chi connectivity index (χ0) is 14.7. The molecule has 3 heteroatoms. The quantitative estimate of drug-likeness (QED) is 0.749. The lowest BCUT2D eigenvalue weighted by Gasteiger charge is -2.16. The molecule has 1 aliphatic carbocycles. The molecule has 1 aromatic heterocycles. The van der Waals surface area contributed by atoms with E-state index < -0.39 is 0 Å². The van der Waals surface area contributed by atoms with Crippen LogP contribution in [0.1, 0.15) is 37.5 Å². The van der Waals surface area contributed by atoms with Gasteiger partial charge in [-0.3, -0.25) is 0 Å². The second-order valence-corrected chi connectivity index (χ2v) is 6.32. The van der Waals surface area contributed by atoms with Gasteiger partial charge in [-0.05, 0) is 44.8 Å². The molecule has 1 aliphatic rings. The van der Waals surface area contributed by atoms with Crippen LogP contribution in [0.15, 0.2) is 28.7 Å². The minimum Gasteiger partial charge on any atom is -0.459 e. The maximum atomic E-state index is 6.08. The Labute approximate surface area is 127 Å². The molecule has 3 nitrogen and oxygen atoms in total. The van der Waals surface area contributed by atoms with Crippen LogP contribution in [0.25, 0.3) is 11.0 Å². The van der Waals surface area contributed by atoms with E-state index in [1.165, 1.54) is 30.3 Å². The molecule has 1 fully saturated rings. The summed E-state index contributed by atoms with van der Waals surface area (Å²) in [5.74, 6) is 2.03. The predicted molar refractivity (Wildman–Crippen MR) is 87.3 cm³/mol. The minimum absolute atomic E-state index is 0.828. The van der Waals surface area contributed by atoms with E-state index >= 15 is 0 Å². The smallest absolute Gasteiger partial charge is 0.134 e. The summed E-state index contributed by atoms with van der Waals surface area (Å²) < 4.78 is 6.08. The summed E-state index contributed by atoms with van der Waals surface area (Å²) >= 11 is 0. The first kappa shape index (κ1) is 14.6. The van der Waals surface area contributed by atoms with Gasteiger partial charge in [0.2, 0.25) is 0 Å². The molecule has 3 rings (SSSR count). The topological polar surface area (TPSA) is 28.4 Å². The molecule has 0 bridgehead atoms. The average molecular weight is 286 g/mol. The van der Waals surface area contributed by atoms with E-state index in [9.17, 15) is 0 Å². The third kappa shape index (κ3) is 3.66. The van der Waals surface area contributed by atoms with Crippen molar-refractivity contribution >= 4 is 11.0 Å². The maximum absolute atomic E-state index is 6.08. The molecule has 21 heavy (non-hydrogen) atoms. The van der Waals surface area contributed by atoms with E-state index in [0.717, 1.165) is 43.3 Å². The first-order chi connectivity index (χ1) is 10.3. The fourth-order valence-corrected chi connectivity index (χ4v) is 2.92. The van der Waals surface area contributed by atoms with Crippen LogP contribution in [-0.2, 0) is 13.1 Å². The number of benzene rings is 1. The Bertz CT molecular complexity index is 586. The van der Waals surface area contributed by atoms with Gasteiger partial charge in [-0.15, -0.1) is 0 Å². The Kier molecular flexibility index (Phi) is 4.61. The van der Waals surface area contributed by atoms with Gasteiger partial charge in [-0.2, -0.15) is 0 Å². The van der Waals surface area contributed by atoms with E-state index in [1.54, 1.807) is 0 Å². The van der Waals surface area contributed by atoms with Gasteiger partial charge in [0.15, 0.2) is 0 Å². The fraction of sp³-hybridized carbons (Fsp3) is 0.556. The molecule has 114 valence electrons. The number of nitrogens with zero attached hydrogens (tertiary/aromatic N) is 1. The van der Waals surface area contributed by atoms with Crippen molar-refractivity contribution in [2.24, 2.45) is 5.92 Å². The lowest BCUT2D eigenvalue weighted by Crippen LogP contribution is -2.22. The molecule has 0 aliphatic heterocycles. The summed E-state index contributed by atoms with van der Waals surface area (Å²) in [5, 5.41) is 4.74. The molecular weight excluding hydrogens is 260 g/mol. The van der Waals surface area contributed by atoms with Gasteiger partial charge in [0, 0.05) is 24.0 Å². The van der Waals surface area contributed by atoms with E-state index in [2.05, 4.69) is 42.4 Å². The van der Waals surface area contributed by atoms with Crippen molar-refractivity contribution < 1.29 is 4.42 Å². The average Bonchev–Trinajstić information content (AvgIpc) is 3.22. The van der Waals surface area contributed by atoms with Gasteiger partial charge < -0.3 is 14.6 Å². The number of furan rings is 1. The molecule has 2 aromatic rings. The highest BCUT2D eigenvalue weighted by molar-refractivity contribution is 5.82. The van der Waals surface area contributed by atoms with Crippen molar-refractivity contribution in [1.29, 1.82) is 0 Å². The van der Waals surface area contributed by atoms with Gasteiger partial charge in [0.1, 0.15) is 11.3 Å². The summed E-state index contributed by atoms with van der Waals surface area (Å²) in [6, 6.07) is 8.41. The van der Waals surface area contributed by atoms with Crippen LogP contribution in [0.2, 0.25) is 0 Å². The molecule has 1 heterocycles. The predicted octanol–water partition coefficient (Wildman–Crippen LogP) is 3.77. The Morgan fingerprint density at radius 2 is 2.10 bits per heavy atom. The number of fused-ring (bicyclic) bond motifs is 1. The first-order valence-electron chi connectivity index (χ1n) is 8.16. The van der Waals surface area contributed by atoms with Crippen LogP contribution in [-0.4, -0.2) is 25.0 Å². The van der Waals surface area contributed by atoms with Crippen molar-refractivity contribution in [2.45, 2.75) is 39.3 Å². The summed E-state index contributed by atoms with van der Waals surface area (Å²) in [7, 11) is 2.23. The third-order valence-electron chi connectivity index (χ3n) is 4.19. The number of hydrogen-bond donors (Lipinski definition) is 1. The third-order valence-corrected chi connectivity index (χ3v) is 4.19. The van der Waals surface area contributed by atoms with Gasteiger partial charge in [-0.1, -0.05) is 25.1 Å². The lowest BCUT2D eigenvalue weighted by molar-refractivity contribution is 0.310. The number of nitrogens with one attached hydrogen (secondary N) is 1. The number of hydrogen-bond acceptors (Lipinski definition) is 3. The zero-order valence-electron chi connectivity index (χ0n) is 13.2. The molecule has 0 atom stereocenters. The summed E-state index contributed by atoms with van der Waals surface area (Å²) in [6.45, 7) is 6.25. The number of rotatable bonds is 8. The standard InChI is InChI=1S/C18H26N2O/c1-3-10-19-11-18-16(13-20(2)12-14-8-9-14)15-6-4-5-7-17(15)21-18/h4-7,14,19H,3,8-13H2,1-2H3. The molecule has 0 spiro atoms. The molecule has 0 amide bonds. The highest BCUT2D eigenvalue weighted by Gasteiger charge is 2.24. The van der Waals surface area contributed by atoms with Crippen molar-refractivity contribution in [3.63, 3.8) is 0 Å². The second kappa shape index (κ2) is 6.63. The molecular formula is C18H26N2O. The monoisotopic (exact) mass is 286 g/mol. The van der Waals surface area contributed by atoms with Gasteiger partial charge in [0.25, 0.3) is 0 Å². The van der Waals surface area contributed by atoms with Crippen molar-refractivity contribution in [2.75, 3.05) is 20.1 Å². The molecule has 0 unspecified atom stereocenters. The minimum atomic E-state index is 0.828. The Balaban J connectivity index is 1.79. The zero-order valence-corrected chi connectivity index (χ0v) is 13.2. The first-order valence-corrected chi connectivity index (χ1v) is 8.16. The van der Waals surface area contributed by atoms with E-state index in [-0.39, 0.29) is 0 Å². The Hall–Kier alpha value is -1.32. The Morgan fingerprint density at radius 3 is 2.86 bits per heavy atom. The van der Waals surface area contributed by atoms with E-state index in [1.807, 2.05) is 6.07 Å². The number of para-hydroxylation sites is 1. The van der Waals surface area contributed by atoms with Crippen LogP contribution < -0.4 is 5.32 Å². The van der Waals surface area contributed by atoms with Gasteiger partial charge in [-0.25, -0.2) is 0 Å². The largest absolute Gasteiger partial charge is 0.459 e. The van der Waals surface area contributed by atoms with Gasteiger partial charge >= 0.3 is 0 Å². The highest BCUT2D eigenvalue weighted by Crippen LogP contribution is 2.31. The van der Waals surface area contributed by atoms with Crippen LogP contribution in [0.5, 0.6) is 0 Å². The fourth-order valence-electron chi connectivity index (χ4n) is 2.92. The van der Waals surface area contributed by atoms with Gasteiger partial charge in [0.05, 0.1) is 6.54 Å². The van der Waals surface area contributed by atoms with E-state index in [0.29, 0.717) is 0 Å². The Morgan fingerprint density at radius 1 is 1.29 bits per heavy atom. The van der Waals surface area contributed by atoms with Crippen LogP contribution in [0, 0.1) is 5.92 Å². The molecule has 0 saturated heterocycles. The summed E-state index contributed by atoms with van der Waals surface area (Å²) in [6.07, 6.45) is 3.96. The van der Waals surface area contributed by atoms with Crippen molar-refractivity contribution in [3.8, 4) is 0 Å². The molecule has 1 aromatic carbocycles.